The Labute approximate surface area is 162 Å². The number of hydrogen-bond donors (Lipinski definition) is 2. The fourth-order valence-electron chi connectivity index (χ4n) is 2.30. The Morgan fingerprint density at radius 2 is 2.08 bits per heavy atom. The molecule has 1 aromatic carbocycles. The number of benzene rings is 1. The van der Waals surface area contributed by atoms with E-state index in [1.807, 2.05) is 6.92 Å². The van der Waals surface area contributed by atoms with Gasteiger partial charge in [0.25, 0.3) is 0 Å². The molecule has 0 unspecified atom stereocenters. The molecule has 2 rings (SSSR count). The third kappa shape index (κ3) is 6.80. The van der Waals surface area contributed by atoms with Crippen LogP contribution in [0, 0.1) is 0 Å². The molecule has 0 saturated heterocycles. The van der Waals surface area contributed by atoms with Crippen LogP contribution in [0.25, 0.3) is 0 Å². The summed E-state index contributed by atoms with van der Waals surface area (Å²) in [6.07, 6.45) is 6.13. The number of aliphatic imine (C=N–C) groups is 1. The first-order valence-corrected chi connectivity index (χ1v) is 7.89. The van der Waals surface area contributed by atoms with Crippen LogP contribution in [-0.2, 0) is 6.54 Å². The molecule has 0 atom stereocenters. The minimum atomic E-state index is -2.88. The summed E-state index contributed by atoms with van der Waals surface area (Å²) in [5.41, 5.74) is 0.513. The topological polar surface area (TPSA) is 45.7 Å². The van der Waals surface area contributed by atoms with Crippen molar-refractivity contribution in [3.05, 3.63) is 40.9 Å². The van der Waals surface area contributed by atoms with E-state index in [0.29, 0.717) is 29.1 Å². The first-order valence-electron chi connectivity index (χ1n) is 7.51. The van der Waals surface area contributed by atoms with Gasteiger partial charge in [0.05, 0.1) is 6.54 Å². The Bertz CT molecular complexity index is 576. The molecule has 0 aromatic heterocycles. The summed E-state index contributed by atoms with van der Waals surface area (Å²) in [6.45, 7) is -0.00991. The predicted molar refractivity (Wildman–Crippen MR) is 104 cm³/mol. The summed E-state index contributed by atoms with van der Waals surface area (Å²) in [7, 11) is 0. The average molecular weight is 472 g/mol. The Morgan fingerprint density at radius 3 is 2.71 bits per heavy atom. The van der Waals surface area contributed by atoms with Gasteiger partial charge >= 0.3 is 6.61 Å². The van der Waals surface area contributed by atoms with Crippen LogP contribution in [0.4, 0.5) is 8.78 Å². The number of guanidine groups is 1. The summed E-state index contributed by atoms with van der Waals surface area (Å²) in [5, 5.41) is 6.91. The van der Waals surface area contributed by atoms with Gasteiger partial charge in [0.1, 0.15) is 5.75 Å². The number of alkyl halides is 2. The van der Waals surface area contributed by atoms with E-state index in [1.54, 1.807) is 6.07 Å². The van der Waals surface area contributed by atoms with Gasteiger partial charge in [-0.15, -0.1) is 24.0 Å². The smallest absolute Gasteiger partial charge is 0.387 e. The molecular weight excluding hydrogens is 451 g/mol. The minimum Gasteiger partial charge on any atom is -0.434 e. The molecule has 1 aliphatic rings. The lowest BCUT2D eigenvalue weighted by Crippen LogP contribution is -2.42. The van der Waals surface area contributed by atoms with Gasteiger partial charge in [-0.2, -0.15) is 8.78 Å². The van der Waals surface area contributed by atoms with Gasteiger partial charge in [-0.05, 0) is 38.0 Å². The van der Waals surface area contributed by atoms with Crippen molar-refractivity contribution >= 4 is 41.5 Å². The van der Waals surface area contributed by atoms with Crippen molar-refractivity contribution < 1.29 is 13.5 Å². The fraction of sp³-hybridized carbons (Fsp3) is 0.438. The van der Waals surface area contributed by atoms with Gasteiger partial charge < -0.3 is 15.4 Å². The standard InChI is InChI=1S/C16H20ClF2N3O.HI/c1-2-20-16(22-13-5-3-4-6-13)21-10-11-9-12(17)7-8-14(11)23-15(18)19;/h3-4,7-9,13,15H,2,5-6,10H2,1H3,(H2,20,21,22);1H. The van der Waals surface area contributed by atoms with Crippen molar-refractivity contribution in [2.45, 2.75) is 39.0 Å². The second kappa shape index (κ2) is 10.7. The highest BCUT2D eigenvalue weighted by atomic mass is 127. The van der Waals surface area contributed by atoms with Gasteiger partial charge in [-0.3, -0.25) is 0 Å². The molecule has 0 radical (unpaired) electrons. The molecule has 134 valence electrons. The maximum absolute atomic E-state index is 12.5. The molecule has 0 heterocycles. The molecule has 24 heavy (non-hydrogen) atoms. The van der Waals surface area contributed by atoms with E-state index in [-0.39, 0.29) is 36.3 Å². The number of hydrogen-bond acceptors (Lipinski definition) is 2. The Morgan fingerprint density at radius 1 is 1.38 bits per heavy atom. The van der Waals surface area contributed by atoms with Crippen molar-refractivity contribution in [2.24, 2.45) is 4.99 Å². The van der Waals surface area contributed by atoms with E-state index < -0.39 is 6.61 Å². The Balaban J connectivity index is 0.00000288. The lowest BCUT2D eigenvalue weighted by atomic mass is 10.2. The number of ether oxygens (including phenoxy) is 1. The highest BCUT2D eigenvalue weighted by Crippen LogP contribution is 2.25. The van der Waals surface area contributed by atoms with Gasteiger partial charge in [0.2, 0.25) is 0 Å². The zero-order chi connectivity index (χ0) is 16.7. The van der Waals surface area contributed by atoms with E-state index in [9.17, 15) is 8.78 Å². The number of nitrogens with one attached hydrogen (secondary N) is 2. The third-order valence-electron chi connectivity index (χ3n) is 3.34. The van der Waals surface area contributed by atoms with Crippen LogP contribution in [0.3, 0.4) is 0 Å². The highest BCUT2D eigenvalue weighted by Gasteiger charge is 2.13. The summed E-state index contributed by atoms with van der Waals surface area (Å²) in [4.78, 5) is 4.44. The molecular formula is C16H21ClF2IN3O. The van der Waals surface area contributed by atoms with Crippen LogP contribution in [-0.4, -0.2) is 25.2 Å². The molecule has 1 aliphatic carbocycles. The molecule has 0 saturated carbocycles. The maximum Gasteiger partial charge on any atom is 0.387 e. The lowest BCUT2D eigenvalue weighted by molar-refractivity contribution is -0.0504. The number of halogens is 4. The molecule has 4 nitrogen and oxygen atoms in total. The van der Waals surface area contributed by atoms with Crippen LogP contribution in [0.5, 0.6) is 5.75 Å². The van der Waals surface area contributed by atoms with Crippen LogP contribution >= 0.6 is 35.6 Å². The van der Waals surface area contributed by atoms with Crippen LogP contribution in [0.1, 0.15) is 25.3 Å². The molecule has 0 aliphatic heterocycles. The van der Waals surface area contributed by atoms with E-state index >= 15 is 0 Å². The van der Waals surface area contributed by atoms with E-state index in [4.69, 9.17) is 11.6 Å². The van der Waals surface area contributed by atoms with Gasteiger partial charge in [-0.25, -0.2) is 4.99 Å². The van der Waals surface area contributed by atoms with Crippen LogP contribution in [0.15, 0.2) is 35.3 Å². The summed E-state index contributed by atoms with van der Waals surface area (Å²) in [6, 6.07) is 4.84. The maximum atomic E-state index is 12.5. The van der Waals surface area contributed by atoms with Crippen molar-refractivity contribution in [3.63, 3.8) is 0 Å². The summed E-state index contributed by atoms with van der Waals surface area (Å²) >= 11 is 5.94. The van der Waals surface area contributed by atoms with E-state index in [0.717, 1.165) is 12.8 Å². The van der Waals surface area contributed by atoms with Crippen LogP contribution in [0.2, 0.25) is 5.02 Å². The predicted octanol–water partition coefficient (Wildman–Crippen LogP) is 4.33. The summed E-state index contributed by atoms with van der Waals surface area (Å²) in [5.74, 6) is 0.732. The van der Waals surface area contributed by atoms with Crippen LogP contribution < -0.4 is 15.4 Å². The van der Waals surface area contributed by atoms with Gasteiger partial charge in [0.15, 0.2) is 5.96 Å². The summed E-state index contributed by atoms with van der Waals surface area (Å²) < 4.78 is 29.5. The number of nitrogens with zero attached hydrogens (tertiary/aromatic N) is 1. The zero-order valence-electron chi connectivity index (χ0n) is 13.3. The molecule has 8 heteroatoms. The molecule has 1 aromatic rings. The Hall–Kier alpha value is -1.09. The van der Waals surface area contributed by atoms with Crippen molar-refractivity contribution in [1.29, 1.82) is 0 Å². The normalized spacial score (nSPS) is 14.6. The number of rotatable bonds is 6. The third-order valence-corrected chi connectivity index (χ3v) is 3.57. The molecule has 0 fully saturated rings. The molecule has 2 N–H and O–H groups in total. The molecule has 0 amide bonds. The highest BCUT2D eigenvalue weighted by molar-refractivity contribution is 14.0. The van der Waals surface area contributed by atoms with Gasteiger partial charge in [-0.1, -0.05) is 23.8 Å². The lowest BCUT2D eigenvalue weighted by Gasteiger charge is -2.17. The second-order valence-corrected chi connectivity index (χ2v) is 5.55. The van der Waals surface area contributed by atoms with Crippen molar-refractivity contribution in [2.75, 3.05) is 6.54 Å². The zero-order valence-corrected chi connectivity index (χ0v) is 16.4. The molecule has 0 spiro atoms. The van der Waals surface area contributed by atoms with Crippen molar-refractivity contribution in [1.82, 2.24) is 10.6 Å². The fourth-order valence-corrected chi connectivity index (χ4v) is 2.49. The van der Waals surface area contributed by atoms with Crippen molar-refractivity contribution in [3.8, 4) is 5.75 Å². The first-order chi connectivity index (χ1) is 11.1. The minimum absolute atomic E-state index is 0. The van der Waals surface area contributed by atoms with E-state index in [1.165, 1.54) is 12.1 Å². The second-order valence-electron chi connectivity index (χ2n) is 5.11. The van der Waals surface area contributed by atoms with E-state index in [2.05, 4.69) is 32.5 Å². The Kier molecular flexibility index (Phi) is 9.35. The largest absolute Gasteiger partial charge is 0.434 e. The molecule has 0 bridgehead atoms. The monoisotopic (exact) mass is 471 g/mol. The SMILES string of the molecule is CCNC(=NCc1cc(Cl)ccc1OC(F)F)NC1CC=CC1.I. The van der Waals surface area contributed by atoms with Gasteiger partial charge in [0, 0.05) is 23.2 Å². The average Bonchev–Trinajstić information content (AvgIpc) is 3.00. The quantitative estimate of drug-likeness (QED) is 0.281. The first kappa shape index (κ1) is 21.0.